The van der Waals surface area contributed by atoms with Crippen LogP contribution in [0.15, 0.2) is 26.9 Å². The average Bonchev–Trinajstić information content (AvgIpc) is 3.36. The van der Waals surface area contributed by atoms with E-state index in [1.165, 1.54) is 4.31 Å². The van der Waals surface area contributed by atoms with E-state index >= 15 is 0 Å². The predicted molar refractivity (Wildman–Crippen MR) is 114 cm³/mol. The largest absolute Gasteiger partial charge is 0.356 e. The monoisotopic (exact) mass is 437 g/mol. The van der Waals surface area contributed by atoms with Gasteiger partial charge in [-0.05, 0) is 49.8 Å². The van der Waals surface area contributed by atoms with Crippen LogP contribution >= 0.6 is 11.3 Å². The van der Waals surface area contributed by atoms with Crippen molar-refractivity contribution in [3.8, 4) is 0 Å². The number of nitrogens with zero attached hydrogens (tertiary/aromatic N) is 2. The van der Waals surface area contributed by atoms with E-state index in [4.69, 9.17) is 4.52 Å². The molecule has 1 aliphatic rings. The first-order chi connectivity index (χ1) is 13.9. The van der Waals surface area contributed by atoms with Crippen LogP contribution in [0.5, 0.6) is 0 Å². The number of nitrogens with one attached hydrogen (secondary N) is 1. The van der Waals surface area contributed by atoms with Crippen molar-refractivity contribution in [2.45, 2.75) is 44.4 Å². The van der Waals surface area contributed by atoms with Crippen LogP contribution in [0.25, 0.3) is 12.2 Å². The molecule has 1 N–H and O–H groups in total. The van der Waals surface area contributed by atoms with E-state index in [0.717, 1.165) is 17.7 Å². The van der Waals surface area contributed by atoms with E-state index in [1.54, 1.807) is 24.3 Å². The van der Waals surface area contributed by atoms with E-state index in [1.807, 2.05) is 23.6 Å². The van der Waals surface area contributed by atoms with Gasteiger partial charge in [0.15, 0.2) is 10.7 Å². The molecule has 1 amide bonds. The molecular formula is C20H27N3O4S2. The van der Waals surface area contributed by atoms with E-state index in [-0.39, 0.29) is 29.0 Å². The lowest BCUT2D eigenvalue weighted by atomic mass is 9.99. The van der Waals surface area contributed by atoms with Gasteiger partial charge in [0.05, 0.1) is 5.92 Å². The second-order valence-electron chi connectivity index (χ2n) is 7.16. The van der Waals surface area contributed by atoms with Crippen LogP contribution in [-0.4, -0.2) is 43.4 Å². The summed E-state index contributed by atoms with van der Waals surface area (Å²) in [6.07, 6.45) is 6.70. The molecule has 0 unspecified atom stereocenters. The highest BCUT2D eigenvalue weighted by molar-refractivity contribution is 7.89. The Kier molecular flexibility index (Phi) is 7.26. The molecule has 29 heavy (non-hydrogen) atoms. The highest BCUT2D eigenvalue weighted by atomic mass is 32.2. The first-order valence-corrected chi connectivity index (χ1v) is 12.2. The van der Waals surface area contributed by atoms with Crippen LogP contribution in [0.1, 0.15) is 48.9 Å². The molecule has 3 rings (SSSR count). The Balaban J connectivity index is 1.78. The molecule has 1 atom stereocenters. The normalized spacial score (nSPS) is 18.3. The fourth-order valence-corrected chi connectivity index (χ4v) is 5.77. The third-order valence-electron chi connectivity index (χ3n) is 4.96. The summed E-state index contributed by atoms with van der Waals surface area (Å²) in [5.41, 5.74) is 0.324. The number of piperidine rings is 1. The van der Waals surface area contributed by atoms with Crippen LogP contribution in [0.3, 0.4) is 0 Å². The number of carbonyl (C=O) groups excluding carboxylic acids is 1. The van der Waals surface area contributed by atoms with Crippen molar-refractivity contribution in [2.24, 2.45) is 5.92 Å². The molecule has 3 heterocycles. The molecule has 0 aromatic carbocycles. The zero-order valence-electron chi connectivity index (χ0n) is 16.8. The zero-order valence-corrected chi connectivity index (χ0v) is 18.4. The van der Waals surface area contributed by atoms with Gasteiger partial charge in [0.2, 0.25) is 15.9 Å². The first-order valence-electron chi connectivity index (χ1n) is 9.89. The Morgan fingerprint density at radius 2 is 2.28 bits per heavy atom. The molecule has 7 nitrogen and oxygen atoms in total. The summed E-state index contributed by atoms with van der Waals surface area (Å²) in [5.74, 6) is -0.190. The molecule has 2 aromatic heterocycles. The lowest BCUT2D eigenvalue weighted by Gasteiger charge is -2.31. The van der Waals surface area contributed by atoms with Crippen molar-refractivity contribution in [1.29, 1.82) is 0 Å². The van der Waals surface area contributed by atoms with Gasteiger partial charge in [-0.1, -0.05) is 24.6 Å². The summed E-state index contributed by atoms with van der Waals surface area (Å²) in [4.78, 5) is 13.5. The Morgan fingerprint density at radius 1 is 1.45 bits per heavy atom. The summed E-state index contributed by atoms with van der Waals surface area (Å²) >= 11 is 1.55. The fourth-order valence-electron chi connectivity index (χ4n) is 3.38. The Labute approximate surface area is 175 Å². The maximum absolute atomic E-state index is 13.3. The minimum Gasteiger partial charge on any atom is -0.356 e. The number of thiophene rings is 1. The molecule has 9 heteroatoms. The number of hydrogen-bond donors (Lipinski definition) is 1. The second kappa shape index (κ2) is 9.69. The van der Waals surface area contributed by atoms with Crippen molar-refractivity contribution < 1.29 is 17.7 Å². The summed E-state index contributed by atoms with van der Waals surface area (Å²) in [7, 11) is -3.81. The van der Waals surface area contributed by atoms with Gasteiger partial charge in [-0.15, -0.1) is 11.3 Å². The Hall–Kier alpha value is -1.97. The first kappa shape index (κ1) is 21.7. The topological polar surface area (TPSA) is 92.5 Å². The van der Waals surface area contributed by atoms with E-state index in [0.29, 0.717) is 31.6 Å². The summed E-state index contributed by atoms with van der Waals surface area (Å²) < 4.78 is 33.4. The Morgan fingerprint density at radius 3 is 3.00 bits per heavy atom. The number of amides is 1. The van der Waals surface area contributed by atoms with Crippen LogP contribution in [-0.2, 0) is 14.8 Å². The predicted octanol–water partition coefficient (Wildman–Crippen LogP) is 3.53. The zero-order chi connectivity index (χ0) is 20.9. The van der Waals surface area contributed by atoms with Gasteiger partial charge in [-0.3, -0.25) is 4.79 Å². The number of aromatic nitrogens is 1. The minimum atomic E-state index is -3.81. The molecular weight excluding hydrogens is 410 g/mol. The molecule has 2 aromatic rings. The van der Waals surface area contributed by atoms with Crippen molar-refractivity contribution in [3.05, 3.63) is 33.8 Å². The lowest BCUT2D eigenvalue weighted by molar-refractivity contribution is -0.126. The summed E-state index contributed by atoms with van der Waals surface area (Å²) in [6.45, 7) is 4.88. The van der Waals surface area contributed by atoms with Gasteiger partial charge in [-0.25, -0.2) is 8.42 Å². The van der Waals surface area contributed by atoms with Gasteiger partial charge in [-0.2, -0.15) is 4.31 Å². The van der Waals surface area contributed by atoms with E-state index < -0.39 is 10.0 Å². The van der Waals surface area contributed by atoms with Crippen molar-refractivity contribution in [3.63, 3.8) is 0 Å². The second-order valence-corrected chi connectivity index (χ2v) is 10.0. The van der Waals surface area contributed by atoms with Gasteiger partial charge < -0.3 is 9.84 Å². The number of hydrogen-bond acceptors (Lipinski definition) is 6. The number of aryl methyl sites for hydroxylation is 1. The van der Waals surface area contributed by atoms with Crippen LogP contribution in [0.4, 0.5) is 0 Å². The van der Waals surface area contributed by atoms with Gasteiger partial charge in [0, 0.05) is 24.5 Å². The van der Waals surface area contributed by atoms with E-state index in [2.05, 4.69) is 17.4 Å². The lowest BCUT2D eigenvalue weighted by Crippen LogP contribution is -2.45. The quantitative estimate of drug-likeness (QED) is 0.638. The maximum atomic E-state index is 13.3. The maximum Gasteiger partial charge on any atom is 0.248 e. The molecule has 0 radical (unpaired) electrons. The summed E-state index contributed by atoms with van der Waals surface area (Å²) in [6, 6.07) is 3.86. The fraction of sp³-hybridized carbons (Fsp3) is 0.500. The standard InChI is InChI=1S/C20H27N3O4S2/c1-3-4-11-21-20(24)16-7-5-12-23(14-16)29(25,26)19-15(2)22-27-18(19)10-9-17-8-6-13-28-17/h6,8-10,13,16H,3-5,7,11-12,14H2,1-2H3,(H,21,24)/b10-9+/t16-/m1/s1. The van der Waals surface area contributed by atoms with E-state index in [9.17, 15) is 13.2 Å². The van der Waals surface area contributed by atoms with Gasteiger partial charge in [0.1, 0.15) is 5.69 Å². The Bertz CT molecular complexity index is 949. The van der Waals surface area contributed by atoms with Gasteiger partial charge in [0.25, 0.3) is 0 Å². The summed E-state index contributed by atoms with van der Waals surface area (Å²) in [5, 5.41) is 8.74. The highest BCUT2D eigenvalue weighted by Crippen LogP contribution is 2.29. The van der Waals surface area contributed by atoms with Crippen molar-refractivity contribution in [1.82, 2.24) is 14.8 Å². The molecule has 1 aliphatic heterocycles. The molecule has 0 spiro atoms. The smallest absolute Gasteiger partial charge is 0.248 e. The molecule has 1 saturated heterocycles. The molecule has 0 saturated carbocycles. The van der Waals surface area contributed by atoms with Crippen molar-refractivity contribution in [2.75, 3.05) is 19.6 Å². The van der Waals surface area contributed by atoms with Crippen LogP contribution in [0.2, 0.25) is 0 Å². The minimum absolute atomic E-state index is 0.0711. The number of unbranched alkanes of at least 4 members (excludes halogenated alkanes) is 1. The number of sulfonamides is 1. The molecule has 1 fully saturated rings. The molecule has 158 valence electrons. The molecule has 0 bridgehead atoms. The number of rotatable bonds is 8. The van der Waals surface area contributed by atoms with Crippen LogP contribution in [0, 0.1) is 12.8 Å². The molecule has 0 aliphatic carbocycles. The van der Waals surface area contributed by atoms with Gasteiger partial charge >= 0.3 is 0 Å². The highest BCUT2D eigenvalue weighted by Gasteiger charge is 2.36. The number of carbonyl (C=O) groups is 1. The average molecular weight is 438 g/mol. The third kappa shape index (κ3) is 5.15. The van der Waals surface area contributed by atoms with Crippen molar-refractivity contribution >= 4 is 39.4 Å². The third-order valence-corrected chi connectivity index (χ3v) is 7.82. The SMILES string of the molecule is CCCCNC(=O)[C@@H]1CCCN(S(=O)(=O)c2c(C)noc2/C=C/c2cccs2)C1. The van der Waals surface area contributed by atoms with Crippen LogP contribution < -0.4 is 5.32 Å².